The van der Waals surface area contributed by atoms with Crippen molar-refractivity contribution in [1.29, 1.82) is 0 Å². The maximum Gasteiger partial charge on any atom is 0.0437 e. The van der Waals surface area contributed by atoms with Gasteiger partial charge in [-0.1, -0.05) is 54.0 Å². The largest absolute Gasteiger partial charge is 0.261 e. The van der Waals surface area contributed by atoms with Crippen LogP contribution in [0.2, 0.25) is 0 Å². The molecule has 0 aliphatic rings. The van der Waals surface area contributed by atoms with E-state index in [9.17, 15) is 0 Å². The van der Waals surface area contributed by atoms with Crippen molar-refractivity contribution >= 4 is 0 Å². The highest BCUT2D eigenvalue weighted by Gasteiger charge is 2.23. The molecule has 1 aromatic rings. The van der Waals surface area contributed by atoms with Gasteiger partial charge in [-0.05, 0) is 42.2 Å². The van der Waals surface area contributed by atoms with E-state index in [0.717, 1.165) is 0 Å². The van der Waals surface area contributed by atoms with Crippen molar-refractivity contribution in [1.82, 2.24) is 4.98 Å². The van der Waals surface area contributed by atoms with Crippen LogP contribution in [0.25, 0.3) is 0 Å². The molecule has 0 bridgehead atoms. The van der Waals surface area contributed by atoms with Gasteiger partial charge in [0.15, 0.2) is 0 Å². The fraction of sp³-hybridized carbons (Fsp3) is 0.722. The minimum atomic E-state index is 0.281. The lowest BCUT2D eigenvalue weighted by atomic mass is 9.78. The van der Waals surface area contributed by atoms with E-state index in [0.29, 0.717) is 11.8 Å². The molecular formula is C18H31N. The number of aromatic nitrogens is 1. The summed E-state index contributed by atoms with van der Waals surface area (Å²) in [5.41, 5.74) is 2.94. The molecule has 1 nitrogen and oxygen atoms in total. The topological polar surface area (TPSA) is 12.9 Å². The lowest BCUT2D eigenvalue weighted by Crippen LogP contribution is -2.20. The van der Waals surface area contributed by atoms with Gasteiger partial charge < -0.3 is 0 Å². The van der Waals surface area contributed by atoms with Gasteiger partial charge in [0.05, 0.1) is 0 Å². The fourth-order valence-electron chi connectivity index (χ4n) is 2.83. The number of pyridine rings is 1. The normalized spacial score (nSPS) is 15.3. The maximum atomic E-state index is 4.78. The quantitative estimate of drug-likeness (QED) is 0.613. The Hall–Kier alpha value is -0.850. The monoisotopic (exact) mass is 261 g/mol. The van der Waals surface area contributed by atoms with Crippen LogP contribution < -0.4 is 0 Å². The number of rotatable bonds is 7. The molecule has 0 amide bonds. The minimum Gasteiger partial charge on any atom is -0.261 e. The van der Waals surface area contributed by atoms with Crippen molar-refractivity contribution in [3.8, 4) is 0 Å². The third kappa shape index (κ3) is 3.58. The third-order valence-electron chi connectivity index (χ3n) is 5.19. The molecule has 1 heterocycles. The molecule has 1 heteroatoms. The van der Waals surface area contributed by atoms with Crippen LogP contribution >= 0.6 is 0 Å². The Bertz CT molecular complexity index is 362. The highest BCUT2D eigenvalue weighted by atomic mass is 14.7. The minimum absolute atomic E-state index is 0.281. The van der Waals surface area contributed by atoms with Crippen LogP contribution in [0.15, 0.2) is 18.3 Å². The Balaban J connectivity index is 2.98. The van der Waals surface area contributed by atoms with Crippen molar-refractivity contribution in [2.45, 2.75) is 78.6 Å². The average Bonchev–Trinajstić information content (AvgIpc) is 2.47. The Morgan fingerprint density at radius 3 is 2.05 bits per heavy atom. The van der Waals surface area contributed by atoms with Crippen LogP contribution in [0.5, 0.6) is 0 Å². The van der Waals surface area contributed by atoms with Crippen LogP contribution in [0.4, 0.5) is 0 Å². The number of nitrogens with zero attached hydrogens (tertiary/aromatic N) is 1. The zero-order valence-corrected chi connectivity index (χ0v) is 13.7. The molecule has 0 N–H and O–H groups in total. The lowest BCUT2D eigenvalue weighted by molar-refractivity contribution is 0.421. The number of hydrogen-bond acceptors (Lipinski definition) is 1. The van der Waals surface area contributed by atoms with E-state index in [1.165, 1.54) is 36.9 Å². The zero-order valence-electron chi connectivity index (χ0n) is 13.7. The predicted molar refractivity (Wildman–Crippen MR) is 84.7 cm³/mol. The first-order valence-corrected chi connectivity index (χ1v) is 7.98. The van der Waals surface area contributed by atoms with Gasteiger partial charge in [-0.15, -0.1) is 0 Å². The molecule has 0 aliphatic carbocycles. The summed E-state index contributed by atoms with van der Waals surface area (Å²) in [5, 5.41) is 0. The average molecular weight is 261 g/mol. The van der Waals surface area contributed by atoms with E-state index >= 15 is 0 Å². The number of hydrogen-bond donors (Lipinski definition) is 0. The Labute approximate surface area is 119 Å². The smallest absolute Gasteiger partial charge is 0.0437 e. The summed E-state index contributed by atoms with van der Waals surface area (Å²) >= 11 is 0. The molecule has 0 radical (unpaired) electrons. The van der Waals surface area contributed by atoms with Gasteiger partial charge in [-0.2, -0.15) is 0 Å². The first-order chi connectivity index (χ1) is 9.02. The Kier molecular flexibility index (Phi) is 6.03. The first kappa shape index (κ1) is 16.2. The maximum absolute atomic E-state index is 4.78. The first-order valence-electron chi connectivity index (χ1n) is 7.98. The lowest BCUT2D eigenvalue weighted by Gasteiger charge is -2.28. The molecule has 0 fully saturated rings. The van der Waals surface area contributed by atoms with Crippen molar-refractivity contribution in [2.75, 3.05) is 0 Å². The molecule has 0 aliphatic heterocycles. The van der Waals surface area contributed by atoms with Crippen LogP contribution in [0.1, 0.15) is 84.4 Å². The van der Waals surface area contributed by atoms with Crippen molar-refractivity contribution in [3.05, 3.63) is 29.6 Å². The zero-order chi connectivity index (χ0) is 14.5. The standard InChI is InChI=1S/C18H31N/c1-7-14(5)16(8-2)17-12-11-15(13-19-17)18(6,9-3)10-4/h11-14,16H,7-10H2,1-6H3. The summed E-state index contributed by atoms with van der Waals surface area (Å²) < 4.78 is 0. The molecule has 1 aromatic heterocycles. The highest BCUT2D eigenvalue weighted by Crippen LogP contribution is 2.33. The summed E-state index contributed by atoms with van der Waals surface area (Å²) in [5.74, 6) is 1.32. The fourth-order valence-corrected chi connectivity index (χ4v) is 2.83. The van der Waals surface area contributed by atoms with Gasteiger partial charge in [0, 0.05) is 17.8 Å². The van der Waals surface area contributed by atoms with E-state index in [-0.39, 0.29) is 5.41 Å². The molecule has 2 atom stereocenters. The van der Waals surface area contributed by atoms with E-state index in [4.69, 9.17) is 4.98 Å². The third-order valence-corrected chi connectivity index (χ3v) is 5.19. The van der Waals surface area contributed by atoms with Gasteiger partial charge in [-0.3, -0.25) is 4.98 Å². The summed E-state index contributed by atoms with van der Waals surface area (Å²) in [7, 11) is 0. The molecule has 0 spiro atoms. The Morgan fingerprint density at radius 2 is 1.68 bits per heavy atom. The van der Waals surface area contributed by atoms with E-state index in [1.807, 2.05) is 0 Å². The summed E-state index contributed by atoms with van der Waals surface area (Å²) in [4.78, 5) is 4.78. The van der Waals surface area contributed by atoms with Gasteiger partial charge in [0.25, 0.3) is 0 Å². The molecule has 0 saturated carbocycles. The van der Waals surface area contributed by atoms with E-state index < -0.39 is 0 Å². The highest BCUT2D eigenvalue weighted by molar-refractivity contribution is 5.24. The van der Waals surface area contributed by atoms with E-state index in [2.05, 4.69) is 59.9 Å². The molecule has 19 heavy (non-hydrogen) atoms. The van der Waals surface area contributed by atoms with Crippen LogP contribution in [0, 0.1) is 5.92 Å². The molecule has 0 saturated heterocycles. The predicted octanol–water partition coefficient (Wildman–Crippen LogP) is 5.70. The summed E-state index contributed by atoms with van der Waals surface area (Å²) in [6.45, 7) is 13.8. The molecular weight excluding hydrogens is 230 g/mol. The van der Waals surface area contributed by atoms with Crippen LogP contribution in [-0.4, -0.2) is 4.98 Å². The summed E-state index contributed by atoms with van der Waals surface area (Å²) in [6.07, 6.45) is 6.87. The molecule has 1 rings (SSSR count). The second-order valence-electron chi connectivity index (χ2n) is 6.14. The molecule has 2 unspecified atom stereocenters. The second kappa shape index (κ2) is 7.07. The van der Waals surface area contributed by atoms with Crippen molar-refractivity contribution in [2.24, 2.45) is 5.92 Å². The van der Waals surface area contributed by atoms with Crippen molar-refractivity contribution in [3.63, 3.8) is 0 Å². The summed E-state index contributed by atoms with van der Waals surface area (Å²) in [6, 6.07) is 4.57. The van der Waals surface area contributed by atoms with Gasteiger partial charge >= 0.3 is 0 Å². The second-order valence-corrected chi connectivity index (χ2v) is 6.14. The van der Waals surface area contributed by atoms with Gasteiger partial charge in [-0.25, -0.2) is 0 Å². The van der Waals surface area contributed by atoms with Crippen LogP contribution in [0.3, 0.4) is 0 Å². The van der Waals surface area contributed by atoms with Gasteiger partial charge in [0.2, 0.25) is 0 Å². The van der Waals surface area contributed by atoms with Crippen molar-refractivity contribution < 1.29 is 0 Å². The van der Waals surface area contributed by atoms with Gasteiger partial charge in [0.1, 0.15) is 0 Å². The Morgan fingerprint density at radius 1 is 1.05 bits per heavy atom. The SMILES string of the molecule is CCC(C)C(CC)c1ccc(C(C)(CC)CC)cn1. The molecule has 0 aromatic carbocycles. The van der Waals surface area contributed by atoms with Crippen LogP contribution in [-0.2, 0) is 5.41 Å². The van der Waals surface area contributed by atoms with E-state index in [1.54, 1.807) is 0 Å². The molecule has 108 valence electrons.